The lowest BCUT2D eigenvalue weighted by molar-refractivity contribution is -0.292. The first kappa shape index (κ1) is 37.7. The summed E-state index contributed by atoms with van der Waals surface area (Å²) in [7, 11) is 0. The van der Waals surface area contributed by atoms with Gasteiger partial charge in [-0.2, -0.15) is 0 Å². The molecule has 0 radical (unpaired) electrons. The van der Waals surface area contributed by atoms with Gasteiger partial charge in [-0.1, -0.05) is 20.8 Å². The van der Waals surface area contributed by atoms with Crippen molar-refractivity contribution in [3.8, 4) is 0 Å². The van der Waals surface area contributed by atoms with E-state index in [9.17, 15) is 34.5 Å². The Labute approximate surface area is 259 Å². The minimum Gasteiger partial charge on any atom is -0.388 e. The Kier molecular flexibility index (Phi) is 15.3. The van der Waals surface area contributed by atoms with Crippen LogP contribution in [0.3, 0.4) is 0 Å². The maximum atomic E-state index is 12.6. The lowest BCUT2D eigenvalue weighted by Crippen LogP contribution is -2.57. The van der Waals surface area contributed by atoms with Crippen LogP contribution in [0.1, 0.15) is 66.7 Å². The Morgan fingerprint density at radius 3 is 2.20 bits per heavy atom. The SMILES string of the molecule is CCC(C)(COCCC(C)(CC)OCCNC(=O)CCN1C(=O)C=CC1=O)CC(=O)NCCOC1OC(C)C(O)C(O)C1O. The largest absolute Gasteiger partial charge is 0.388 e. The van der Waals surface area contributed by atoms with Crippen molar-refractivity contribution in [2.75, 3.05) is 46.1 Å². The van der Waals surface area contributed by atoms with Crippen molar-refractivity contribution in [3.63, 3.8) is 0 Å². The molecule has 4 amide bonds. The minimum absolute atomic E-state index is 0.0235. The zero-order valence-corrected chi connectivity index (χ0v) is 26.6. The molecule has 7 atom stereocenters. The molecule has 0 bridgehead atoms. The number of nitrogens with zero attached hydrogens (tertiary/aromatic N) is 1. The molecule has 0 aromatic heterocycles. The zero-order valence-electron chi connectivity index (χ0n) is 26.6. The Hall–Kier alpha value is -2.46. The number of rotatable bonds is 20. The lowest BCUT2D eigenvalue weighted by Gasteiger charge is -2.38. The Bertz CT molecular complexity index is 977. The van der Waals surface area contributed by atoms with Gasteiger partial charge in [0.25, 0.3) is 11.8 Å². The van der Waals surface area contributed by atoms with Crippen molar-refractivity contribution in [1.82, 2.24) is 15.5 Å². The fourth-order valence-electron chi connectivity index (χ4n) is 4.64. The summed E-state index contributed by atoms with van der Waals surface area (Å²) in [6.45, 7) is 11.2. The molecule has 252 valence electrons. The molecular weight excluding hydrogens is 578 g/mol. The summed E-state index contributed by atoms with van der Waals surface area (Å²) in [6, 6.07) is 0. The van der Waals surface area contributed by atoms with Crippen molar-refractivity contribution < 1.29 is 53.4 Å². The van der Waals surface area contributed by atoms with Gasteiger partial charge in [0.2, 0.25) is 11.8 Å². The van der Waals surface area contributed by atoms with Crippen LogP contribution in [0.15, 0.2) is 12.2 Å². The van der Waals surface area contributed by atoms with Crippen molar-refractivity contribution in [1.29, 1.82) is 0 Å². The van der Waals surface area contributed by atoms with Crippen LogP contribution < -0.4 is 10.6 Å². The summed E-state index contributed by atoms with van der Waals surface area (Å²) in [5.74, 6) is -1.27. The monoisotopic (exact) mass is 629 g/mol. The average Bonchev–Trinajstić information content (AvgIpc) is 3.32. The molecule has 14 nitrogen and oxygen atoms in total. The Morgan fingerprint density at radius 1 is 0.932 bits per heavy atom. The van der Waals surface area contributed by atoms with Gasteiger partial charge >= 0.3 is 0 Å². The number of aliphatic hydroxyl groups excluding tert-OH is 3. The highest BCUT2D eigenvalue weighted by molar-refractivity contribution is 6.13. The third kappa shape index (κ3) is 11.8. The second-order valence-corrected chi connectivity index (χ2v) is 12.0. The predicted molar refractivity (Wildman–Crippen MR) is 158 cm³/mol. The first-order valence-corrected chi connectivity index (χ1v) is 15.3. The molecule has 1 fully saturated rings. The molecule has 2 aliphatic heterocycles. The predicted octanol–water partition coefficient (Wildman–Crippen LogP) is -0.224. The molecule has 0 aromatic carbocycles. The van der Waals surface area contributed by atoms with Crippen LogP contribution in [-0.2, 0) is 38.1 Å². The van der Waals surface area contributed by atoms with Crippen molar-refractivity contribution >= 4 is 23.6 Å². The molecule has 0 aromatic rings. The van der Waals surface area contributed by atoms with E-state index in [0.717, 1.165) is 17.7 Å². The molecule has 2 aliphatic rings. The number of ether oxygens (including phenoxy) is 4. The number of amides is 4. The van der Waals surface area contributed by atoms with Crippen molar-refractivity contribution in [3.05, 3.63) is 12.2 Å². The molecule has 7 unspecified atom stereocenters. The molecule has 0 spiro atoms. The van der Waals surface area contributed by atoms with E-state index in [1.165, 1.54) is 12.2 Å². The lowest BCUT2D eigenvalue weighted by atomic mass is 9.84. The molecule has 2 heterocycles. The van der Waals surface area contributed by atoms with Crippen molar-refractivity contribution in [2.24, 2.45) is 5.41 Å². The summed E-state index contributed by atoms with van der Waals surface area (Å²) in [5.41, 5.74) is -0.857. The van der Waals surface area contributed by atoms with Crippen LogP contribution in [-0.4, -0.2) is 126 Å². The van der Waals surface area contributed by atoms with Crippen LogP contribution in [0, 0.1) is 5.41 Å². The first-order chi connectivity index (χ1) is 20.7. The second kappa shape index (κ2) is 17.9. The minimum atomic E-state index is -1.39. The van der Waals surface area contributed by atoms with Crippen LogP contribution >= 0.6 is 0 Å². The fourth-order valence-corrected chi connectivity index (χ4v) is 4.64. The summed E-state index contributed by atoms with van der Waals surface area (Å²) in [5, 5.41) is 35.2. The van der Waals surface area contributed by atoms with Gasteiger partial charge in [0.15, 0.2) is 6.29 Å². The second-order valence-electron chi connectivity index (χ2n) is 12.0. The van der Waals surface area contributed by atoms with Gasteiger partial charge in [0.05, 0.1) is 31.5 Å². The van der Waals surface area contributed by atoms with E-state index in [-0.39, 0.29) is 44.4 Å². The maximum absolute atomic E-state index is 12.6. The van der Waals surface area contributed by atoms with E-state index in [4.69, 9.17) is 18.9 Å². The highest BCUT2D eigenvalue weighted by Crippen LogP contribution is 2.27. The van der Waals surface area contributed by atoms with E-state index in [0.29, 0.717) is 32.8 Å². The Balaban J connectivity index is 1.61. The van der Waals surface area contributed by atoms with Gasteiger partial charge in [-0.15, -0.1) is 0 Å². The molecule has 14 heteroatoms. The normalized spacial score (nSPS) is 26.4. The molecule has 44 heavy (non-hydrogen) atoms. The quantitative estimate of drug-likeness (QED) is 0.0883. The third-order valence-electron chi connectivity index (χ3n) is 8.27. The molecule has 1 saturated heterocycles. The summed E-state index contributed by atoms with van der Waals surface area (Å²) in [4.78, 5) is 48.8. The van der Waals surface area contributed by atoms with Gasteiger partial charge in [-0.05, 0) is 38.5 Å². The molecule has 0 saturated carbocycles. The summed E-state index contributed by atoms with van der Waals surface area (Å²) < 4.78 is 22.8. The van der Waals surface area contributed by atoms with Crippen LogP contribution in [0.4, 0.5) is 0 Å². The molecule has 2 rings (SSSR count). The van der Waals surface area contributed by atoms with Gasteiger partial charge in [-0.3, -0.25) is 24.1 Å². The van der Waals surface area contributed by atoms with Crippen LogP contribution in [0.25, 0.3) is 0 Å². The highest BCUT2D eigenvalue weighted by Gasteiger charge is 2.42. The van der Waals surface area contributed by atoms with E-state index < -0.39 is 53.5 Å². The van der Waals surface area contributed by atoms with Gasteiger partial charge in [-0.25, -0.2) is 0 Å². The van der Waals surface area contributed by atoms with E-state index in [1.54, 1.807) is 6.92 Å². The van der Waals surface area contributed by atoms with Gasteiger partial charge < -0.3 is 44.9 Å². The first-order valence-electron chi connectivity index (χ1n) is 15.3. The van der Waals surface area contributed by atoms with Crippen molar-refractivity contribution in [2.45, 2.75) is 103 Å². The van der Waals surface area contributed by atoms with E-state index >= 15 is 0 Å². The topological polar surface area (TPSA) is 193 Å². The van der Waals surface area contributed by atoms with Crippen LogP contribution in [0.2, 0.25) is 0 Å². The number of carbonyl (C=O) groups is 4. The third-order valence-corrected chi connectivity index (χ3v) is 8.27. The molecule has 0 aliphatic carbocycles. The summed E-state index contributed by atoms with van der Waals surface area (Å²) in [6.07, 6.45) is -1.08. The maximum Gasteiger partial charge on any atom is 0.253 e. The highest BCUT2D eigenvalue weighted by atomic mass is 16.7. The number of hydrogen-bond donors (Lipinski definition) is 5. The Morgan fingerprint density at radius 2 is 1.57 bits per heavy atom. The molecule has 5 N–H and O–H groups in total. The van der Waals surface area contributed by atoms with E-state index in [2.05, 4.69) is 10.6 Å². The molecular formula is C30H51N3O11. The zero-order chi connectivity index (χ0) is 32.9. The smallest absolute Gasteiger partial charge is 0.253 e. The number of hydrogen-bond acceptors (Lipinski definition) is 11. The van der Waals surface area contributed by atoms with E-state index in [1.807, 2.05) is 27.7 Å². The number of nitrogens with one attached hydrogen (secondary N) is 2. The number of carbonyl (C=O) groups excluding carboxylic acids is 4. The average molecular weight is 630 g/mol. The number of aliphatic hydroxyl groups is 3. The summed E-state index contributed by atoms with van der Waals surface area (Å²) >= 11 is 0. The number of imide groups is 1. The van der Waals surface area contributed by atoms with Gasteiger partial charge in [0, 0.05) is 51.2 Å². The standard InChI is InChI=1S/C30H51N3O11/c1-6-29(4,18-22(35)32-12-16-42-28-27(40)26(39)25(38)20(3)44-28)19-41-15-11-30(5,7-2)43-17-13-31-21(34)10-14-33-23(36)8-9-24(33)37/h8-9,20,25-28,38-40H,6-7,10-19H2,1-5H3,(H,31,34)(H,32,35). The fraction of sp³-hybridized carbons (Fsp3) is 0.800. The van der Waals surface area contributed by atoms with Crippen LogP contribution in [0.5, 0.6) is 0 Å². The van der Waals surface area contributed by atoms with Gasteiger partial charge in [0.1, 0.15) is 18.3 Å².